The summed E-state index contributed by atoms with van der Waals surface area (Å²) in [6.45, 7) is 4.20. The highest BCUT2D eigenvalue weighted by Crippen LogP contribution is 2.18. The number of nitrogens with one attached hydrogen (secondary N) is 1. The van der Waals surface area contributed by atoms with Gasteiger partial charge in [-0.2, -0.15) is 0 Å². The SMILES string of the molecule is CCCCCC#CC#C/C=C/CCCC[C@H]1C[C@@H](C)C(=O)N1. The number of carbonyl (C=O) groups excluding carboxylic acids is 1. The van der Waals surface area contributed by atoms with Crippen LogP contribution in [0.25, 0.3) is 0 Å². The third kappa shape index (κ3) is 8.58. The Morgan fingerprint density at radius 3 is 2.82 bits per heavy atom. The van der Waals surface area contributed by atoms with E-state index in [0.717, 1.165) is 38.5 Å². The van der Waals surface area contributed by atoms with Crippen LogP contribution in [-0.2, 0) is 4.79 Å². The van der Waals surface area contributed by atoms with Crippen LogP contribution in [0.2, 0.25) is 0 Å². The zero-order valence-electron chi connectivity index (χ0n) is 14.1. The van der Waals surface area contributed by atoms with E-state index in [-0.39, 0.29) is 11.8 Å². The van der Waals surface area contributed by atoms with Crippen molar-refractivity contribution in [1.82, 2.24) is 5.32 Å². The Morgan fingerprint density at radius 1 is 1.23 bits per heavy atom. The Bertz CT molecular complexity index is 469. The van der Waals surface area contributed by atoms with Crippen LogP contribution in [0.4, 0.5) is 0 Å². The first-order chi connectivity index (χ1) is 10.7. The molecule has 0 aromatic carbocycles. The van der Waals surface area contributed by atoms with Gasteiger partial charge in [-0.05, 0) is 50.0 Å². The fourth-order valence-electron chi connectivity index (χ4n) is 2.57. The highest BCUT2D eigenvalue weighted by atomic mass is 16.2. The Labute approximate surface area is 136 Å². The summed E-state index contributed by atoms with van der Waals surface area (Å²) in [4.78, 5) is 11.4. The second kappa shape index (κ2) is 11.9. The van der Waals surface area contributed by atoms with Crippen molar-refractivity contribution in [3.63, 3.8) is 0 Å². The smallest absolute Gasteiger partial charge is 0.223 e. The largest absolute Gasteiger partial charge is 0.353 e. The minimum absolute atomic E-state index is 0.197. The number of allylic oxidation sites excluding steroid dienone is 2. The van der Waals surface area contributed by atoms with Gasteiger partial charge in [-0.3, -0.25) is 4.79 Å². The summed E-state index contributed by atoms with van der Waals surface area (Å²) in [6, 6.07) is 0.397. The lowest BCUT2D eigenvalue weighted by Gasteiger charge is -2.08. The monoisotopic (exact) mass is 299 g/mol. The van der Waals surface area contributed by atoms with Crippen LogP contribution in [0.1, 0.15) is 71.6 Å². The number of carbonyl (C=O) groups is 1. The summed E-state index contributed by atoms with van der Waals surface area (Å²) >= 11 is 0. The highest BCUT2D eigenvalue weighted by molar-refractivity contribution is 5.80. The number of hydrogen-bond acceptors (Lipinski definition) is 1. The van der Waals surface area contributed by atoms with Crippen LogP contribution >= 0.6 is 0 Å². The molecule has 0 bridgehead atoms. The zero-order chi connectivity index (χ0) is 16.0. The van der Waals surface area contributed by atoms with Crippen LogP contribution in [0.3, 0.4) is 0 Å². The van der Waals surface area contributed by atoms with Gasteiger partial charge in [-0.25, -0.2) is 0 Å². The topological polar surface area (TPSA) is 29.1 Å². The number of unbranched alkanes of at least 4 members (excludes halogenated alkanes) is 5. The van der Waals surface area contributed by atoms with Crippen molar-refractivity contribution in [2.45, 2.75) is 77.7 Å². The van der Waals surface area contributed by atoms with Crippen molar-refractivity contribution in [3.8, 4) is 23.7 Å². The van der Waals surface area contributed by atoms with E-state index in [4.69, 9.17) is 0 Å². The maximum absolute atomic E-state index is 11.4. The standard InChI is InChI=1S/C20H29NO/c1-3-4-5-6-7-8-9-10-11-12-13-14-15-16-19-17-18(2)20(22)21-19/h11-12,18-19H,3-6,13-17H2,1-2H3,(H,21,22)/b12-11+/t18-,19+/m1/s1. The molecule has 2 nitrogen and oxygen atoms in total. The molecule has 0 aromatic heterocycles. The maximum Gasteiger partial charge on any atom is 0.223 e. The predicted molar refractivity (Wildman–Crippen MR) is 93.0 cm³/mol. The van der Waals surface area contributed by atoms with Crippen molar-refractivity contribution in [2.75, 3.05) is 0 Å². The normalized spacial score (nSPS) is 20.2. The molecule has 22 heavy (non-hydrogen) atoms. The molecule has 1 saturated heterocycles. The van der Waals surface area contributed by atoms with E-state index in [2.05, 4.69) is 42.0 Å². The lowest BCUT2D eigenvalue weighted by atomic mass is 10.0. The second-order valence-electron chi connectivity index (χ2n) is 6.06. The lowest BCUT2D eigenvalue weighted by molar-refractivity contribution is -0.122. The lowest BCUT2D eigenvalue weighted by Crippen LogP contribution is -2.25. The van der Waals surface area contributed by atoms with Gasteiger partial charge < -0.3 is 5.32 Å². The van der Waals surface area contributed by atoms with Crippen LogP contribution in [-0.4, -0.2) is 11.9 Å². The van der Waals surface area contributed by atoms with Gasteiger partial charge in [0.2, 0.25) is 5.91 Å². The molecule has 0 aromatic rings. The molecule has 2 heteroatoms. The van der Waals surface area contributed by atoms with E-state index in [1.165, 1.54) is 19.3 Å². The zero-order valence-corrected chi connectivity index (χ0v) is 14.1. The van der Waals surface area contributed by atoms with Crippen molar-refractivity contribution in [3.05, 3.63) is 12.2 Å². The molecule has 0 unspecified atom stereocenters. The number of rotatable bonds is 8. The first-order valence-electron chi connectivity index (χ1n) is 8.67. The Hall–Kier alpha value is -1.67. The molecular weight excluding hydrogens is 270 g/mol. The number of amides is 1. The van der Waals surface area contributed by atoms with Crippen LogP contribution in [0.5, 0.6) is 0 Å². The van der Waals surface area contributed by atoms with E-state index >= 15 is 0 Å². The molecule has 1 heterocycles. The molecule has 0 saturated carbocycles. The maximum atomic E-state index is 11.4. The van der Waals surface area contributed by atoms with Gasteiger partial charge in [0.05, 0.1) is 0 Å². The minimum Gasteiger partial charge on any atom is -0.353 e. The van der Waals surface area contributed by atoms with Crippen LogP contribution < -0.4 is 5.32 Å². The molecule has 1 aliphatic heterocycles. The molecule has 0 spiro atoms. The Kier molecular flexibility index (Phi) is 9.97. The minimum atomic E-state index is 0.197. The molecule has 1 aliphatic rings. The van der Waals surface area contributed by atoms with Gasteiger partial charge in [-0.15, -0.1) is 0 Å². The molecule has 1 rings (SSSR count). The molecule has 0 radical (unpaired) electrons. The van der Waals surface area contributed by atoms with E-state index in [1.807, 2.05) is 13.0 Å². The predicted octanol–water partition coefficient (Wildman–Crippen LogP) is 4.21. The quantitative estimate of drug-likeness (QED) is 0.528. The van der Waals surface area contributed by atoms with Crippen LogP contribution in [0.15, 0.2) is 12.2 Å². The summed E-state index contributed by atoms with van der Waals surface area (Å²) in [5, 5.41) is 3.05. The van der Waals surface area contributed by atoms with Gasteiger partial charge >= 0.3 is 0 Å². The number of hydrogen-bond donors (Lipinski definition) is 1. The summed E-state index contributed by atoms with van der Waals surface area (Å²) in [7, 11) is 0. The summed E-state index contributed by atoms with van der Waals surface area (Å²) in [5.41, 5.74) is 0. The molecule has 120 valence electrons. The van der Waals surface area contributed by atoms with E-state index in [0.29, 0.717) is 6.04 Å². The summed E-state index contributed by atoms with van der Waals surface area (Å²) < 4.78 is 0. The van der Waals surface area contributed by atoms with E-state index in [9.17, 15) is 4.79 Å². The molecule has 0 aliphatic carbocycles. The third-order valence-corrected chi connectivity index (χ3v) is 3.93. The fraction of sp³-hybridized carbons (Fsp3) is 0.650. The second-order valence-corrected chi connectivity index (χ2v) is 6.06. The van der Waals surface area contributed by atoms with E-state index in [1.54, 1.807) is 0 Å². The molecule has 1 amide bonds. The summed E-state index contributed by atoms with van der Waals surface area (Å²) in [6.07, 6.45) is 14.1. The van der Waals surface area contributed by atoms with E-state index < -0.39 is 0 Å². The first-order valence-corrected chi connectivity index (χ1v) is 8.67. The third-order valence-electron chi connectivity index (χ3n) is 3.93. The molecule has 2 atom stereocenters. The first kappa shape index (κ1) is 18.4. The Balaban J connectivity index is 1.99. The van der Waals surface area contributed by atoms with Gasteiger partial charge in [0, 0.05) is 18.4 Å². The van der Waals surface area contributed by atoms with Crippen molar-refractivity contribution < 1.29 is 4.79 Å². The molecular formula is C20H29NO. The van der Waals surface area contributed by atoms with Crippen molar-refractivity contribution in [2.24, 2.45) is 5.92 Å². The van der Waals surface area contributed by atoms with Gasteiger partial charge in [0.1, 0.15) is 0 Å². The van der Waals surface area contributed by atoms with Crippen molar-refractivity contribution >= 4 is 5.91 Å². The summed E-state index contributed by atoms with van der Waals surface area (Å²) in [5.74, 6) is 12.2. The molecule has 1 fully saturated rings. The van der Waals surface area contributed by atoms with Gasteiger partial charge in [-0.1, -0.05) is 51.0 Å². The van der Waals surface area contributed by atoms with Gasteiger partial charge in [0.15, 0.2) is 0 Å². The van der Waals surface area contributed by atoms with Crippen molar-refractivity contribution in [1.29, 1.82) is 0 Å². The average molecular weight is 299 g/mol. The average Bonchev–Trinajstić information content (AvgIpc) is 2.82. The molecule has 1 N–H and O–H groups in total. The highest BCUT2D eigenvalue weighted by Gasteiger charge is 2.27. The Morgan fingerprint density at radius 2 is 2.09 bits per heavy atom. The fourth-order valence-corrected chi connectivity index (χ4v) is 2.57. The van der Waals surface area contributed by atoms with Gasteiger partial charge in [0.25, 0.3) is 0 Å². The van der Waals surface area contributed by atoms with Crippen LogP contribution in [0, 0.1) is 29.6 Å².